The lowest BCUT2D eigenvalue weighted by atomic mass is 9.33. The van der Waals surface area contributed by atoms with E-state index in [0.717, 1.165) is 112 Å². The van der Waals surface area contributed by atoms with Crippen LogP contribution in [-0.2, 0) is 27.1 Å². The van der Waals surface area contributed by atoms with Gasteiger partial charge < -0.3 is 14.4 Å². The van der Waals surface area contributed by atoms with Crippen LogP contribution < -0.4 is 26.2 Å². The predicted molar refractivity (Wildman–Crippen MR) is 413 cm³/mol. The van der Waals surface area contributed by atoms with Crippen LogP contribution in [-0.4, -0.2) is 16.3 Å². The van der Waals surface area contributed by atoms with E-state index >= 15 is 0 Å². The average Bonchev–Trinajstić information content (AvgIpc) is 0.858. The average molecular weight is 1260 g/mol. The summed E-state index contributed by atoms with van der Waals surface area (Å²) in [7, 11) is 0. The van der Waals surface area contributed by atoms with Gasteiger partial charge >= 0.3 is 0 Å². The molecule has 2 aliphatic heterocycles. The number of rotatable bonds is 8. The van der Waals surface area contributed by atoms with Gasteiger partial charge in [-0.05, 0) is 162 Å². The van der Waals surface area contributed by atoms with E-state index in [-0.39, 0.29) is 44.9 Å². The Hall–Kier alpha value is -9.97. The third-order valence-corrected chi connectivity index (χ3v) is 19.3. The summed E-state index contributed by atoms with van der Waals surface area (Å²) in [6.45, 7) is 32.5. The van der Waals surface area contributed by atoms with Crippen LogP contribution in [0, 0.1) is 0 Å². The zero-order valence-corrected chi connectivity index (χ0v) is 57.6. The van der Waals surface area contributed by atoms with Crippen molar-refractivity contribution in [1.82, 2.24) is 9.55 Å². The molecule has 13 aromatic rings. The minimum atomic E-state index is -0.681. The van der Waals surface area contributed by atoms with Crippen molar-refractivity contribution >= 4 is 79.0 Å². The Morgan fingerprint density at radius 2 is 0.708 bits per heavy atom. The molecule has 0 atom stereocenters. The molecule has 4 heterocycles. The number of hydrogen-bond donors (Lipinski definition) is 0. The molecule has 96 heavy (non-hydrogen) atoms. The molecule has 0 saturated carbocycles. The van der Waals surface area contributed by atoms with Crippen LogP contribution >= 0.6 is 0 Å². The molecule has 0 N–H and O–H groups in total. The lowest BCUT2D eigenvalue weighted by molar-refractivity contribution is 0.531. The van der Waals surface area contributed by atoms with Crippen molar-refractivity contribution in [1.29, 1.82) is 0 Å². The van der Waals surface area contributed by atoms with Crippen molar-refractivity contribution < 1.29 is 17.8 Å². The van der Waals surface area contributed by atoms with Gasteiger partial charge in [-0.3, -0.25) is 4.98 Å². The van der Waals surface area contributed by atoms with Crippen LogP contribution in [0.25, 0.3) is 83.1 Å². The minimum Gasteiger partial charge on any atom is -0.310 e. The van der Waals surface area contributed by atoms with Crippen molar-refractivity contribution in [2.45, 2.75) is 131 Å². The molecular weight excluding hydrogens is 1160 g/mol. The smallest absolute Gasteiger partial charge is 0.252 e. The normalized spacial score (nSPS) is 15.2. The quantitative estimate of drug-likeness (QED) is 0.142. The second-order valence-electron chi connectivity index (χ2n) is 31.1. The maximum Gasteiger partial charge on any atom is 0.252 e. The summed E-state index contributed by atoms with van der Waals surface area (Å²) in [6, 6.07) is 55.6. The number of fused-ring (bicyclic) bond motifs is 7. The topological polar surface area (TPSA) is 24.3 Å². The van der Waals surface area contributed by atoms with Gasteiger partial charge in [0, 0.05) is 83.7 Å². The maximum atomic E-state index is 9.86. The summed E-state index contributed by atoms with van der Waals surface area (Å²) in [4.78, 5) is 10.3. The first-order valence-electron chi connectivity index (χ1n) is 39.9. The number of aromatic nitrogens is 2. The van der Waals surface area contributed by atoms with Gasteiger partial charge in [-0.25, -0.2) is 0 Å². The second-order valence-corrected chi connectivity index (χ2v) is 31.1. The SMILES string of the molecule is [2H]c1c([2H])c([2H])c(-c2ccc3c(c2)N(c2c(-c4ccccc4)cc(C(C)(C)C)cc2-c2ccccc2)c2cc(C(C)(C)C)cc4c2B3c2ccc(-n3c5c([2H])c([2H])c([2H])c([2H])c5c5c([2H])c([2H])c([2H])c([2H])c53)cc2N4c2c(-c3ccccc3)cc(C(C)(C)C)cc2-c2cc(C(C)(C)C)nc(C(C)(C)C)c2)c([2H])c1[2H]. The van der Waals surface area contributed by atoms with E-state index in [1.807, 2.05) is 48.5 Å². The van der Waals surface area contributed by atoms with E-state index in [0.29, 0.717) is 22.6 Å². The fourth-order valence-corrected chi connectivity index (χ4v) is 14.1. The van der Waals surface area contributed by atoms with Gasteiger partial charge in [-0.15, -0.1) is 0 Å². The molecule has 474 valence electrons. The van der Waals surface area contributed by atoms with Gasteiger partial charge in [0.25, 0.3) is 6.71 Å². The Labute approximate surface area is 588 Å². The standard InChI is InChI=1S/C91H87BN4/c1-87(2,3)64-51-70(59-34-22-17-23-35-59)85(71(52-64)60-36-24-18-25-37-60)95-78-48-62(58-32-20-16-21-33-58)44-46-74(78)92-75-47-45-67(94-76-42-30-28-40-68(76)69-41-29-31-43-77(69)94)57-79(75)96(81-56-66(89(7,8)9)55-80(95)84(81)92)86-72(61-38-26-19-27-39-61)53-65(88(4,5)6)54-73(86)63-49-82(90(10,11)12)93-83(50-63)91(13,14)15/h16-57H,1-15H3/i16D,20D,21D,28D,29D,30D,31D,32D,33D,40D,41D,42D,43D. The molecule has 15 rings (SSSR count). The van der Waals surface area contributed by atoms with Crippen molar-refractivity contribution in [2.75, 3.05) is 9.80 Å². The molecule has 5 heteroatoms. The fourth-order valence-electron chi connectivity index (χ4n) is 14.1. The van der Waals surface area contributed by atoms with E-state index in [4.69, 9.17) is 11.8 Å². The van der Waals surface area contributed by atoms with Crippen molar-refractivity contribution in [3.8, 4) is 61.3 Å². The summed E-state index contributed by atoms with van der Waals surface area (Å²) >= 11 is 0. The molecule has 0 aliphatic carbocycles. The first-order chi connectivity index (χ1) is 51.2. The maximum absolute atomic E-state index is 9.86. The van der Waals surface area contributed by atoms with E-state index in [1.54, 1.807) is 4.57 Å². The molecule has 2 aromatic heterocycles. The first-order valence-corrected chi connectivity index (χ1v) is 33.4. The number of pyridine rings is 1. The molecule has 0 spiro atoms. The van der Waals surface area contributed by atoms with E-state index in [1.165, 1.54) is 0 Å². The Balaban J connectivity index is 1.21. The third-order valence-electron chi connectivity index (χ3n) is 19.3. The van der Waals surface area contributed by atoms with Gasteiger partial charge in [0.15, 0.2) is 0 Å². The highest BCUT2D eigenvalue weighted by Crippen LogP contribution is 2.56. The molecule has 4 nitrogen and oxygen atoms in total. The van der Waals surface area contributed by atoms with E-state index in [9.17, 15) is 11.0 Å². The Bertz CT molecular complexity index is 5800. The molecule has 0 unspecified atom stereocenters. The van der Waals surface area contributed by atoms with Crippen LogP contribution in [0.2, 0.25) is 0 Å². The first kappa shape index (κ1) is 48.7. The van der Waals surface area contributed by atoms with E-state index in [2.05, 4.69) is 241 Å². The van der Waals surface area contributed by atoms with Crippen molar-refractivity contribution in [3.05, 3.63) is 283 Å². The molecule has 0 radical (unpaired) electrons. The van der Waals surface area contributed by atoms with Gasteiger partial charge in [0.1, 0.15) is 0 Å². The van der Waals surface area contributed by atoms with Gasteiger partial charge in [-0.2, -0.15) is 0 Å². The highest BCUT2D eigenvalue weighted by Gasteiger charge is 2.47. The van der Waals surface area contributed by atoms with Gasteiger partial charge in [0.05, 0.1) is 40.2 Å². The monoisotopic (exact) mass is 1260 g/mol. The number of hydrogen-bond acceptors (Lipinski definition) is 3. The number of benzene rings is 11. The molecule has 0 amide bonds. The summed E-state index contributed by atoms with van der Waals surface area (Å²) in [5.41, 5.74) is 17.9. The Morgan fingerprint density at radius 1 is 0.323 bits per heavy atom. The molecule has 11 aromatic carbocycles. The zero-order chi connectivity index (χ0) is 78.3. The predicted octanol–water partition coefficient (Wildman–Crippen LogP) is 23.1. The molecule has 0 fully saturated rings. The zero-order valence-electron chi connectivity index (χ0n) is 70.6. The Kier molecular flexibility index (Phi) is 11.6. The highest BCUT2D eigenvalue weighted by atomic mass is 15.2. The van der Waals surface area contributed by atoms with Gasteiger partial charge in [0.2, 0.25) is 0 Å². The number of para-hydroxylation sites is 2. The van der Waals surface area contributed by atoms with Crippen LogP contribution in [0.1, 0.15) is 150 Å². The molecule has 2 aliphatic rings. The van der Waals surface area contributed by atoms with Crippen LogP contribution in [0.15, 0.2) is 254 Å². The third kappa shape index (κ3) is 10.8. The molecule has 0 bridgehead atoms. The van der Waals surface area contributed by atoms with E-state index < -0.39 is 94.8 Å². The number of anilines is 6. The molecular formula is C91H87BN4. The summed E-state index contributed by atoms with van der Waals surface area (Å²) in [5, 5.41) is -0.0884. The van der Waals surface area contributed by atoms with Crippen LogP contribution in [0.4, 0.5) is 34.1 Å². The summed E-state index contributed by atoms with van der Waals surface area (Å²) in [6.07, 6.45) is 0. The lowest BCUT2D eigenvalue weighted by Crippen LogP contribution is -2.61. The highest BCUT2D eigenvalue weighted by molar-refractivity contribution is 7.00. The second kappa shape index (κ2) is 22.9. The Morgan fingerprint density at radius 3 is 1.14 bits per heavy atom. The fraction of sp³-hybridized carbons (Fsp3) is 0.220. The van der Waals surface area contributed by atoms with Crippen molar-refractivity contribution in [3.63, 3.8) is 0 Å². The van der Waals surface area contributed by atoms with Gasteiger partial charge in [-0.1, -0.05) is 280 Å². The number of nitrogens with zero attached hydrogens (tertiary/aromatic N) is 4. The van der Waals surface area contributed by atoms with Crippen LogP contribution in [0.3, 0.4) is 0 Å². The minimum absolute atomic E-state index is 0.0193. The molecule has 0 saturated heterocycles. The summed E-state index contributed by atoms with van der Waals surface area (Å²) in [5.74, 6) is 0. The summed E-state index contributed by atoms with van der Waals surface area (Å²) < 4.78 is 123. The largest absolute Gasteiger partial charge is 0.310 e. The lowest BCUT2D eigenvalue weighted by Gasteiger charge is -2.47. The van der Waals surface area contributed by atoms with Crippen LogP contribution in [0.5, 0.6) is 0 Å². The van der Waals surface area contributed by atoms with Crippen molar-refractivity contribution in [2.24, 2.45) is 0 Å².